The predicted octanol–water partition coefficient (Wildman–Crippen LogP) is 2.54. The van der Waals surface area contributed by atoms with E-state index in [1.165, 1.54) is 6.20 Å². The molecule has 0 spiro atoms. The molecule has 2 N–H and O–H groups in total. The fraction of sp³-hybridized carbons (Fsp3) is 0.273. The molecular weight excluding hydrogens is 323 g/mol. The highest BCUT2D eigenvalue weighted by molar-refractivity contribution is 9.10. The Kier molecular flexibility index (Phi) is 5.75. The van der Waals surface area contributed by atoms with Gasteiger partial charge in [0.15, 0.2) is 0 Å². The van der Waals surface area contributed by atoms with Gasteiger partial charge in [-0.05, 0) is 22.0 Å². The lowest BCUT2D eigenvalue weighted by Gasteiger charge is -2.15. The van der Waals surface area contributed by atoms with Crippen LogP contribution in [0.4, 0.5) is 4.79 Å². The molecule has 96 valence electrons. The lowest BCUT2D eigenvalue weighted by molar-refractivity contribution is 0.181. The first kappa shape index (κ1) is 14.6. The average molecular weight is 334 g/mol. The summed E-state index contributed by atoms with van der Waals surface area (Å²) >= 11 is 8.94. The number of carboxylic acid groups (broad SMARTS) is 1. The van der Waals surface area contributed by atoms with Crippen LogP contribution in [0.1, 0.15) is 6.42 Å². The van der Waals surface area contributed by atoms with Crippen LogP contribution in [0.25, 0.3) is 0 Å². The topological polar surface area (TPSA) is 71.5 Å². The number of amides is 1. The zero-order chi connectivity index (χ0) is 13.5. The second kappa shape index (κ2) is 7.09. The van der Waals surface area contributed by atoms with Crippen molar-refractivity contribution in [1.29, 1.82) is 0 Å². The number of hydrogen-bond donors (Lipinski definition) is 2. The Labute approximate surface area is 118 Å². The first-order chi connectivity index (χ1) is 8.52. The van der Waals surface area contributed by atoms with Gasteiger partial charge in [-0.15, -0.1) is 12.3 Å². The smallest absolute Gasteiger partial charge is 0.405 e. The first-order valence-electron chi connectivity index (χ1n) is 4.89. The van der Waals surface area contributed by atoms with Gasteiger partial charge in [0, 0.05) is 6.42 Å². The fourth-order valence-electron chi connectivity index (χ4n) is 1.15. The van der Waals surface area contributed by atoms with Gasteiger partial charge in [0.1, 0.15) is 17.5 Å². The Bertz CT molecular complexity index is 476. The van der Waals surface area contributed by atoms with Crippen molar-refractivity contribution in [3.63, 3.8) is 0 Å². The Morgan fingerprint density at radius 3 is 3.06 bits per heavy atom. The van der Waals surface area contributed by atoms with Crippen molar-refractivity contribution in [2.45, 2.75) is 12.5 Å². The number of carbonyl (C=O) groups is 1. The Balaban J connectivity index is 2.58. The summed E-state index contributed by atoms with van der Waals surface area (Å²) in [6.07, 6.45) is 5.69. The first-order valence-corrected chi connectivity index (χ1v) is 6.06. The van der Waals surface area contributed by atoms with E-state index in [-0.39, 0.29) is 13.0 Å². The van der Waals surface area contributed by atoms with Crippen molar-refractivity contribution in [2.75, 3.05) is 6.61 Å². The van der Waals surface area contributed by atoms with E-state index in [4.69, 9.17) is 27.9 Å². The van der Waals surface area contributed by atoms with E-state index in [2.05, 4.69) is 32.2 Å². The number of aromatic nitrogens is 1. The van der Waals surface area contributed by atoms with Crippen LogP contribution in [0, 0.1) is 12.3 Å². The van der Waals surface area contributed by atoms with Crippen LogP contribution in [0.15, 0.2) is 16.7 Å². The molecule has 1 heterocycles. The monoisotopic (exact) mass is 332 g/mol. The molecule has 1 aromatic rings. The van der Waals surface area contributed by atoms with Crippen molar-refractivity contribution in [2.24, 2.45) is 0 Å². The lowest BCUT2D eigenvalue weighted by atomic mass is 10.2. The highest BCUT2D eigenvalue weighted by atomic mass is 79.9. The minimum Gasteiger partial charge on any atom is -0.490 e. The number of halogens is 2. The van der Waals surface area contributed by atoms with E-state index in [1.54, 1.807) is 6.07 Å². The van der Waals surface area contributed by atoms with Gasteiger partial charge in [-0.1, -0.05) is 11.6 Å². The van der Waals surface area contributed by atoms with Crippen LogP contribution in [-0.4, -0.2) is 28.8 Å². The molecule has 0 saturated heterocycles. The Morgan fingerprint density at radius 1 is 1.78 bits per heavy atom. The van der Waals surface area contributed by atoms with Crippen molar-refractivity contribution < 1.29 is 14.6 Å². The molecular formula is C11H10BrClN2O3. The van der Waals surface area contributed by atoms with Crippen LogP contribution in [-0.2, 0) is 0 Å². The summed E-state index contributed by atoms with van der Waals surface area (Å²) in [5, 5.41) is 11.2. The summed E-state index contributed by atoms with van der Waals surface area (Å²) in [5.74, 6) is 2.85. The van der Waals surface area contributed by atoms with Gasteiger partial charge in [-0.2, -0.15) is 0 Å². The van der Waals surface area contributed by atoms with Crippen LogP contribution < -0.4 is 10.1 Å². The maximum Gasteiger partial charge on any atom is 0.405 e. The zero-order valence-corrected chi connectivity index (χ0v) is 11.5. The molecule has 5 nitrogen and oxygen atoms in total. The normalized spacial score (nSPS) is 11.4. The minimum atomic E-state index is -1.14. The fourth-order valence-corrected chi connectivity index (χ4v) is 1.58. The predicted molar refractivity (Wildman–Crippen MR) is 70.8 cm³/mol. The van der Waals surface area contributed by atoms with Crippen molar-refractivity contribution >= 4 is 33.6 Å². The van der Waals surface area contributed by atoms with E-state index in [9.17, 15) is 4.79 Å². The van der Waals surface area contributed by atoms with Gasteiger partial charge >= 0.3 is 6.09 Å². The lowest BCUT2D eigenvalue weighted by Crippen LogP contribution is -2.37. The van der Waals surface area contributed by atoms with E-state index in [0.29, 0.717) is 15.4 Å². The van der Waals surface area contributed by atoms with Crippen molar-refractivity contribution in [3.05, 3.63) is 21.9 Å². The molecule has 7 heteroatoms. The van der Waals surface area contributed by atoms with Gasteiger partial charge in [0.25, 0.3) is 0 Å². The Hall–Kier alpha value is -1.45. The molecule has 0 aliphatic rings. The third kappa shape index (κ3) is 4.82. The van der Waals surface area contributed by atoms with E-state index >= 15 is 0 Å². The number of rotatable bonds is 5. The van der Waals surface area contributed by atoms with Gasteiger partial charge in [0.2, 0.25) is 0 Å². The number of nitrogens with one attached hydrogen (secondary N) is 1. The molecule has 0 unspecified atom stereocenters. The largest absolute Gasteiger partial charge is 0.490 e. The molecule has 1 atom stereocenters. The summed E-state index contributed by atoms with van der Waals surface area (Å²) in [4.78, 5) is 14.4. The molecule has 1 aromatic heterocycles. The standard InChI is InChI=1S/C11H10BrClN2O3/c1-2-3-7(15-11(16)17)6-18-8-4-9(12)10(13)14-5-8/h1,4-5,7,15H,3,6H2,(H,16,17)/t7-/m0/s1. The maximum absolute atomic E-state index is 10.5. The molecule has 0 saturated carbocycles. The van der Waals surface area contributed by atoms with Crippen LogP contribution in [0.3, 0.4) is 0 Å². The number of pyridine rings is 1. The summed E-state index contributed by atoms with van der Waals surface area (Å²) in [6, 6.07) is 1.17. The van der Waals surface area contributed by atoms with E-state index in [1.807, 2.05) is 0 Å². The number of hydrogen-bond acceptors (Lipinski definition) is 3. The summed E-state index contributed by atoms with van der Waals surface area (Å²) < 4.78 is 5.98. The van der Waals surface area contributed by atoms with E-state index in [0.717, 1.165) is 0 Å². The van der Waals surface area contributed by atoms with Gasteiger partial charge in [0.05, 0.1) is 16.7 Å². The van der Waals surface area contributed by atoms with Gasteiger partial charge in [-0.25, -0.2) is 9.78 Å². The number of ether oxygens (including phenoxy) is 1. The van der Waals surface area contributed by atoms with Crippen LogP contribution >= 0.6 is 27.5 Å². The van der Waals surface area contributed by atoms with Crippen molar-refractivity contribution in [3.8, 4) is 18.1 Å². The van der Waals surface area contributed by atoms with Crippen LogP contribution in [0.2, 0.25) is 5.15 Å². The zero-order valence-electron chi connectivity index (χ0n) is 9.19. The third-order valence-electron chi connectivity index (χ3n) is 1.91. The molecule has 0 fully saturated rings. The SMILES string of the molecule is C#CC[C@@H](COc1cnc(Cl)c(Br)c1)NC(=O)O. The molecule has 0 aliphatic carbocycles. The Morgan fingerprint density at radius 2 is 2.50 bits per heavy atom. The second-order valence-corrected chi connectivity index (χ2v) is 4.52. The quantitative estimate of drug-likeness (QED) is 0.641. The molecule has 0 aromatic carbocycles. The van der Waals surface area contributed by atoms with Crippen molar-refractivity contribution in [1.82, 2.24) is 10.3 Å². The maximum atomic E-state index is 10.5. The summed E-state index contributed by atoms with van der Waals surface area (Å²) in [5.41, 5.74) is 0. The van der Waals surface area contributed by atoms with Gasteiger partial charge in [-0.3, -0.25) is 0 Å². The number of nitrogens with zero attached hydrogens (tertiary/aromatic N) is 1. The molecule has 0 radical (unpaired) electrons. The minimum absolute atomic E-state index is 0.117. The highest BCUT2D eigenvalue weighted by Gasteiger charge is 2.11. The molecule has 18 heavy (non-hydrogen) atoms. The molecule has 1 amide bonds. The molecule has 0 bridgehead atoms. The summed E-state index contributed by atoms with van der Waals surface area (Å²) in [7, 11) is 0. The van der Waals surface area contributed by atoms with Crippen LogP contribution in [0.5, 0.6) is 5.75 Å². The molecule has 0 aliphatic heterocycles. The van der Waals surface area contributed by atoms with Gasteiger partial charge < -0.3 is 15.2 Å². The number of terminal acetylenes is 1. The highest BCUT2D eigenvalue weighted by Crippen LogP contribution is 2.24. The third-order valence-corrected chi connectivity index (χ3v) is 3.05. The average Bonchev–Trinajstić information content (AvgIpc) is 2.30. The summed E-state index contributed by atoms with van der Waals surface area (Å²) in [6.45, 7) is 0.117. The molecule has 1 rings (SSSR count). The van der Waals surface area contributed by atoms with E-state index < -0.39 is 12.1 Å². The second-order valence-electron chi connectivity index (χ2n) is 3.31.